The predicted molar refractivity (Wildman–Crippen MR) is 132 cm³/mol. The maximum atomic E-state index is 13.4. The van der Waals surface area contributed by atoms with E-state index in [1.165, 1.54) is 0 Å². The highest BCUT2D eigenvalue weighted by Gasteiger charge is 2.30. The van der Waals surface area contributed by atoms with Crippen LogP contribution in [0.3, 0.4) is 0 Å². The SMILES string of the molecule is COc1ccccc1N1CCN(C(=O)c2cccn2C2CCN(C(=O)OC(C)(C)C)CC2)CC1. The molecule has 0 aliphatic carbocycles. The normalized spacial score (nSPS) is 17.6. The Morgan fingerprint density at radius 1 is 0.882 bits per heavy atom. The number of hydrogen-bond donors (Lipinski definition) is 0. The third kappa shape index (κ3) is 5.32. The van der Waals surface area contributed by atoms with Crippen molar-refractivity contribution in [3.8, 4) is 5.75 Å². The molecule has 3 heterocycles. The second kappa shape index (κ2) is 9.99. The number of amides is 2. The van der Waals surface area contributed by atoms with E-state index in [1.54, 1.807) is 12.0 Å². The van der Waals surface area contributed by atoms with Crippen LogP contribution in [0.4, 0.5) is 10.5 Å². The van der Waals surface area contributed by atoms with Crippen LogP contribution in [0.1, 0.15) is 50.1 Å². The van der Waals surface area contributed by atoms with Crippen LogP contribution in [0.5, 0.6) is 5.75 Å². The minimum atomic E-state index is -0.496. The number of para-hydroxylation sites is 2. The van der Waals surface area contributed by atoms with Gasteiger partial charge in [0.2, 0.25) is 0 Å². The van der Waals surface area contributed by atoms with Gasteiger partial charge in [-0.05, 0) is 57.9 Å². The first-order valence-corrected chi connectivity index (χ1v) is 12.1. The maximum absolute atomic E-state index is 13.4. The number of ether oxygens (including phenoxy) is 2. The smallest absolute Gasteiger partial charge is 0.410 e. The summed E-state index contributed by atoms with van der Waals surface area (Å²) < 4.78 is 13.1. The summed E-state index contributed by atoms with van der Waals surface area (Å²) in [6.45, 7) is 9.76. The van der Waals surface area contributed by atoms with Crippen LogP contribution in [0.25, 0.3) is 0 Å². The topological polar surface area (TPSA) is 67.2 Å². The molecule has 34 heavy (non-hydrogen) atoms. The second-order valence-electron chi connectivity index (χ2n) is 9.95. The summed E-state index contributed by atoms with van der Waals surface area (Å²) in [5.74, 6) is 0.924. The molecule has 0 N–H and O–H groups in total. The zero-order chi connectivity index (χ0) is 24.3. The minimum Gasteiger partial charge on any atom is -0.495 e. The first kappa shape index (κ1) is 24.0. The molecule has 2 aliphatic rings. The third-order valence-electron chi connectivity index (χ3n) is 6.50. The number of carbonyl (C=O) groups excluding carboxylic acids is 2. The highest BCUT2D eigenvalue weighted by molar-refractivity contribution is 5.93. The van der Waals surface area contributed by atoms with Gasteiger partial charge in [0.05, 0.1) is 12.8 Å². The second-order valence-corrected chi connectivity index (χ2v) is 9.95. The van der Waals surface area contributed by atoms with Crippen molar-refractivity contribution >= 4 is 17.7 Å². The molecule has 0 bridgehead atoms. The lowest BCUT2D eigenvalue weighted by Crippen LogP contribution is -2.49. The number of piperazine rings is 1. The van der Waals surface area contributed by atoms with Crippen LogP contribution < -0.4 is 9.64 Å². The van der Waals surface area contributed by atoms with Gasteiger partial charge in [0.25, 0.3) is 5.91 Å². The van der Waals surface area contributed by atoms with Crippen molar-refractivity contribution in [1.29, 1.82) is 0 Å². The van der Waals surface area contributed by atoms with Crippen molar-refractivity contribution in [2.75, 3.05) is 51.3 Å². The van der Waals surface area contributed by atoms with E-state index in [-0.39, 0.29) is 18.0 Å². The van der Waals surface area contributed by atoms with Gasteiger partial charge in [-0.15, -0.1) is 0 Å². The monoisotopic (exact) mass is 468 g/mol. The van der Waals surface area contributed by atoms with Crippen LogP contribution in [-0.4, -0.2) is 78.3 Å². The Morgan fingerprint density at radius 2 is 1.56 bits per heavy atom. The summed E-state index contributed by atoms with van der Waals surface area (Å²) in [6.07, 6.45) is 3.33. The predicted octanol–water partition coefficient (Wildman–Crippen LogP) is 4.03. The number of aromatic nitrogens is 1. The van der Waals surface area contributed by atoms with Gasteiger partial charge in [0, 0.05) is 51.5 Å². The first-order chi connectivity index (χ1) is 16.3. The van der Waals surface area contributed by atoms with Crippen LogP contribution >= 0.6 is 0 Å². The number of likely N-dealkylation sites (tertiary alicyclic amines) is 1. The summed E-state index contributed by atoms with van der Waals surface area (Å²) in [7, 11) is 1.69. The van der Waals surface area contributed by atoms with Crippen molar-refractivity contribution in [3.63, 3.8) is 0 Å². The van der Waals surface area contributed by atoms with Crippen LogP contribution in [-0.2, 0) is 4.74 Å². The number of rotatable bonds is 4. The Bertz CT molecular complexity index is 996. The number of anilines is 1. The fourth-order valence-corrected chi connectivity index (χ4v) is 4.75. The van der Waals surface area contributed by atoms with E-state index in [0.717, 1.165) is 43.1 Å². The van der Waals surface area contributed by atoms with Crippen molar-refractivity contribution in [1.82, 2.24) is 14.4 Å². The molecule has 1 aromatic heterocycles. The lowest BCUT2D eigenvalue weighted by atomic mass is 10.0. The van der Waals surface area contributed by atoms with E-state index in [0.29, 0.717) is 26.2 Å². The van der Waals surface area contributed by atoms with E-state index < -0.39 is 5.60 Å². The number of nitrogens with zero attached hydrogens (tertiary/aromatic N) is 4. The Labute approximate surface area is 202 Å². The average molecular weight is 469 g/mol. The number of benzene rings is 1. The highest BCUT2D eigenvalue weighted by Crippen LogP contribution is 2.29. The van der Waals surface area contributed by atoms with Gasteiger partial charge in [0.15, 0.2) is 0 Å². The summed E-state index contributed by atoms with van der Waals surface area (Å²) in [4.78, 5) is 31.8. The Hall–Kier alpha value is -3.16. The lowest BCUT2D eigenvalue weighted by Gasteiger charge is -2.37. The molecule has 0 spiro atoms. The van der Waals surface area contributed by atoms with Crippen LogP contribution in [0.2, 0.25) is 0 Å². The van der Waals surface area contributed by atoms with Crippen molar-refractivity contribution < 1.29 is 19.1 Å². The molecule has 2 fully saturated rings. The molecule has 1 aromatic carbocycles. The largest absolute Gasteiger partial charge is 0.495 e. The highest BCUT2D eigenvalue weighted by atomic mass is 16.6. The molecule has 0 saturated carbocycles. The van der Waals surface area contributed by atoms with Gasteiger partial charge < -0.3 is 28.7 Å². The van der Waals surface area contributed by atoms with E-state index in [2.05, 4.69) is 15.5 Å². The van der Waals surface area contributed by atoms with E-state index in [1.807, 2.05) is 62.2 Å². The van der Waals surface area contributed by atoms with Gasteiger partial charge >= 0.3 is 6.09 Å². The summed E-state index contributed by atoms with van der Waals surface area (Å²) in [6, 6.07) is 12.1. The van der Waals surface area contributed by atoms with E-state index in [4.69, 9.17) is 9.47 Å². The molecule has 2 saturated heterocycles. The number of hydrogen-bond acceptors (Lipinski definition) is 5. The summed E-state index contributed by atoms with van der Waals surface area (Å²) in [5.41, 5.74) is 1.29. The quantitative estimate of drug-likeness (QED) is 0.678. The molecular weight excluding hydrogens is 432 g/mol. The number of piperidine rings is 1. The molecule has 8 nitrogen and oxygen atoms in total. The number of methoxy groups -OCH3 is 1. The van der Waals surface area contributed by atoms with Gasteiger partial charge in [-0.2, -0.15) is 0 Å². The maximum Gasteiger partial charge on any atom is 0.410 e. The molecule has 0 radical (unpaired) electrons. The molecule has 2 amide bonds. The van der Waals surface area contributed by atoms with Crippen molar-refractivity contribution in [2.24, 2.45) is 0 Å². The average Bonchev–Trinajstić information content (AvgIpc) is 3.33. The molecule has 4 rings (SSSR count). The fourth-order valence-electron chi connectivity index (χ4n) is 4.75. The Balaban J connectivity index is 1.35. The van der Waals surface area contributed by atoms with Gasteiger partial charge in [-0.3, -0.25) is 4.79 Å². The van der Waals surface area contributed by atoms with Crippen LogP contribution in [0, 0.1) is 0 Å². The molecule has 0 unspecified atom stereocenters. The van der Waals surface area contributed by atoms with Gasteiger partial charge in [0.1, 0.15) is 17.0 Å². The molecular formula is C26H36N4O4. The molecule has 0 atom stereocenters. The van der Waals surface area contributed by atoms with Gasteiger partial charge in [-0.25, -0.2) is 4.79 Å². The Kier molecular flexibility index (Phi) is 7.05. The van der Waals surface area contributed by atoms with E-state index >= 15 is 0 Å². The third-order valence-corrected chi connectivity index (χ3v) is 6.50. The van der Waals surface area contributed by atoms with Gasteiger partial charge in [-0.1, -0.05) is 12.1 Å². The zero-order valence-electron chi connectivity index (χ0n) is 20.7. The van der Waals surface area contributed by atoms with Crippen molar-refractivity contribution in [3.05, 3.63) is 48.3 Å². The standard InChI is InChI=1S/C26H36N4O4/c1-26(2,3)34-25(32)29-14-11-20(12-15-29)30-13-7-9-22(30)24(31)28-18-16-27(17-19-28)21-8-5-6-10-23(21)33-4/h5-10,13,20H,11-12,14-19H2,1-4H3. The Morgan fingerprint density at radius 3 is 2.21 bits per heavy atom. The summed E-state index contributed by atoms with van der Waals surface area (Å²) in [5, 5.41) is 0. The zero-order valence-corrected chi connectivity index (χ0v) is 20.7. The molecule has 8 heteroatoms. The van der Waals surface area contributed by atoms with Crippen LogP contribution in [0.15, 0.2) is 42.6 Å². The molecule has 2 aromatic rings. The van der Waals surface area contributed by atoms with E-state index in [9.17, 15) is 9.59 Å². The number of carbonyl (C=O) groups is 2. The minimum absolute atomic E-state index is 0.0687. The fraction of sp³-hybridized carbons (Fsp3) is 0.538. The molecule has 2 aliphatic heterocycles. The first-order valence-electron chi connectivity index (χ1n) is 12.1. The molecule has 184 valence electrons. The summed E-state index contributed by atoms with van der Waals surface area (Å²) >= 11 is 0. The lowest BCUT2D eigenvalue weighted by molar-refractivity contribution is 0.0186. The van der Waals surface area contributed by atoms with Crippen molar-refractivity contribution in [2.45, 2.75) is 45.3 Å².